The second-order valence-electron chi connectivity index (χ2n) is 14.4. The third-order valence-corrected chi connectivity index (χ3v) is 17.8. The van der Waals surface area contributed by atoms with E-state index in [9.17, 15) is 0 Å². The first-order valence-electron chi connectivity index (χ1n) is 19.6. The first-order chi connectivity index (χ1) is 28.6. The van der Waals surface area contributed by atoms with Gasteiger partial charge in [-0.25, -0.2) is 0 Å². The number of hydrogen-bond acceptors (Lipinski definition) is 0. The molecule has 10 rings (SSSR count). The smallest absolute Gasteiger partial charge is 0.366 e. The van der Waals surface area contributed by atoms with Crippen LogP contribution in [0.2, 0.25) is 0 Å². The van der Waals surface area contributed by atoms with E-state index in [0.717, 1.165) is 17.5 Å². The van der Waals surface area contributed by atoms with Gasteiger partial charge in [-0.05, 0) is 88.7 Å². The third kappa shape index (κ3) is 10.1. The van der Waals surface area contributed by atoms with E-state index in [-0.39, 0.29) is 44.8 Å². The zero-order valence-electron chi connectivity index (χ0n) is 33.1. The number of rotatable bonds is 6. The Balaban J connectivity index is 0.000000157. The molecule has 1 heterocycles. The average Bonchev–Trinajstić information content (AvgIpc) is 3.82. The maximum atomic E-state index is 7.18. The molecule has 1 nitrogen and oxygen atoms in total. The molecule has 0 atom stereocenters. The zero-order valence-corrected chi connectivity index (χ0v) is 39.4. The SMILES string of the molecule is [Au+].[Au+].[C-]#Cc1ccc2c(c1)-c1ccccc1C2.[C-]#Cc1ccc2c(c1)c1ccccc1n2C.c1ccc([PH+](C[PH+](c2ccccc2)c2ccccc2)c2ccccc2)cc1. The predicted octanol–water partition coefficient (Wildman–Crippen LogP) is 11.1. The molecule has 0 N–H and O–H groups in total. The van der Waals surface area contributed by atoms with Crippen molar-refractivity contribution in [3.8, 4) is 23.0 Å². The molecule has 9 aromatic rings. The van der Waals surface area contributed by atoms with E-state index in [1.165, 1.54) is 71.2 Å². The van der Waals surface area contributed by atoms with Gasteiger partial charge in [-0.2, -0.15) is 0 Å². The van der Waals surface area contributed by atoms with Crippen LogP contribution in [0.5, 0.6) is 0 Å². The molecule has 0 radical (unpaired) electrons. The fourth-order valence-corrected chi connectivity index (χ4v) is 15.6. The summed E-state index contributed by atoms with van der Waals surface area (Å²) in [5.74, 6) is 6.12. The molecule has 8 aromatic carbocycles. The first kappa shape index (κ1) is 44.6. The molecule has 0 spiro atoms. The minimum absolute atomic E-state index is 0. The van der Waals surface area contributed by atoms with Crippen molar-refractivity contribution in [1.29, 1.82) is 0 Å². The number of aryl methyl sites for hydroxylation is 1. The largest absolute Gasteiger partial charge is 1.00 e. The van der Waals surface area contributed by atoms with Crippen molar-refractivity contribution in [2.45, 2.75) is 6.42 Å². The van der Waals surface area contributed by atoms with Gasteiger partial charge in [-0.15, -0.1) is 35.4 Å². The number of nitrogens with zero attached hydrogens (tertiary/aromatic N) is 1. The summed E-state index contributed by atoms with van der Waals surface area (Å²) in [4.78, 5) is 0. The van der Waals surface area contributed by atoms with Crippen LogP contribution in [0.1, 0.15) is 22.3 Å². The van der Waals surface area contributed by atoms with Crippen LogP contribution >= 0.6 is 15.8 Å². The van der Waals surface area contributed by atoms with Gasteiger partial charge >= 0.3 is 44.8 Å². The van der Waals surface area contributed by atoms with Crippen molar-refractivity contribution in [3.63, 3.8) is 0 Å². The van der Waals surface area contributed by atoms with Gasteiger partial charge in [0.2, 0.25) is 0 Å². The van der Waals surface area contributed by atoms with Crippen LogP contribution in [-0.4, -0.2) is 10.5 Å². The molecule has 0 unspecified atom stereocenters. The maximum absolute atomic E-state index is 7.18. The summed E-state index contributed by atoms with van der Waals surface area (Å²) in [6, 6.07) is 73.3. The molecule has 0 saturated carbocycles. The Morgan fingerprint density at radius 3 is 1.38 bits per heavy atom. The Morgan fingerprint density at radius 1 is 0.433 bits per heavy atom. The fourth-order valence-electron chi connectivity index (χ4n) is 7.92. The van der Waals surface area contributed by atoms with E-state index >= 15 is 0 Å². The van der Waals surface area contributed by atoms with E-state index in [4.69, 9.17) is 12.8 Å². The first-order valence-corrected chi connectivity index (χ1v) is 23.0. The summed E-state index contributed by atoms with van der Waals surface area (Å²) in [5.41, 5.74) is 9.41. The van der Waals surface area contributed by atoms with Crippen molar-refractivity contribution >= 4 is 58.9 Å². The fraction of sp³-hybridized carbons (Fsp3) is 0.0545. The van der Waals surface area contributed by atoms with E-state index in [1.54, 1.807) is 0 Å². The molecule has 0 aliphatic heterocycles. The Kier molecular flexibility index (Phi) is 16.0. The third-order valence-electron chi connectivity index (χ3n) is 10.8. The van der Waals surface area contributed by atoms with Gasteiger partial charge in [0.05, 0.1) is 0 Å². The minimum atomic E-state index is -0.847. The van der Waals surface area contributed by atoms with Crippen molar-refractivity contribution < 1.29 is 44.8 Å². The van der Waals surface area contributed by atoms with Crippen LogP contribution < -0.4 is 21.2 Å². The van der Waals surface area contributed by atoms with Crippen LogP contribution in [0.3, 0.4) is 0 Å². The van der Waals surface area contributed by atoms with Gasteiger partial charge < -0.3 is 17.4 Å². The molecule has 60 heavy (non-hydrogen) atoms. The molecular formula is C55H43Au2NP2+2. The Hall–Kier alpha value is -4.98. The number of aromatic nitrogens is 1. The van der Waals surface area contributed by atoms with Gasteiger partial charge in [0.15, 0.2) is 5.90 Å². The second-order valence-corrected chi connectivity index (χ2v) is 20.0. The van der Waals surface area contributed by atoms with Crippen LogP contribution in [0, 0.1) is 24.7 Å². The number of benzene rings is 8. The summed E-state index contributed by atoms with van der Waals surface area (Å²) in [7, 11) is 0.373. The van der Waals surface area contributed by atoms with Gasteiger partial charge in [0, 0.05) is 23.5 Å². The molecule has 298 valence electrons. The molecular weight excluding hydrogens is 1130 g/mol. The molecule has 1 aromatic heterocycles. The van der Waals surface area contributed by atoms with Crippen molar-refractivity contribution in [3.05, 3.63) is 241 Å². The number of fused-ring (bicyclic) bond motifs is 6. The summed E-state index contributed by atoms with van der Waals surface area (Å²) < 4.78 is 2.18. The van der Waals surface area contributed by atoms with Gasteiger partial charge in [0.1, 0.15) is 37.1 Å². The predicted molar refractivity (Wildman–Crippen MR) is 253 cm³/mol. The van der Waals surface area contributed by atoms with E-state index in [1.807, 2.05) is 42.5 Å². The number of hydrogen-bond donors (Lipinski definition) is 0. The second kappa shape index (κ2) is 21.5. The normalized spacial score (nSPS) is 10.8. The standard InChI is InChI=1S/C25H22P2.C15H10N.C15H9.2Au/c1-5-13-22(14-6-1)26(23-15-7-2-8-16-23)21-27(24-17-9-3-10-18-24)25-19-11-4-12-20-25;1-3-11-8-9-15-13(10-11)12-6-4-5-7-14(12)16(15)2;1-2-11-7-8-13-10-12-5-3-4-6-14(12)15(13)9-11;;/h1-20H,21H2;4-10H,2H3;3-9H,10H2;;/q;2*-1;2*+1/p+2. The molecule has 0 fully saturated rings. The quantitative estimate of drug-likeness (QED) is 0.0677. The van der Waals surface area contributed by atoms with Crippen LogP contribution in [0.15, 0.2) is 206 Å². The molecule has 5 heteroatoms. The minimum Gasteiger partial charge on any atom is -0.366 e. The van der Waals surface area contributed by atoms with E-state index in [2.05, 4.69) is 187 Å². The summed E-state index contributed by atoms with van der Waals surface area (Å²) in [6.45, 7) is 0. The maximum Gasteiger partial charge on any atom is 1.00 e. The summed E-state index contributed by atoms with van der Waals surface area (Å²) in [5, 5.41) is 8.43. The van der Waals surface area contributed by atoms with Crippen molar-refractivity contribution in [2.75, 3.05) is 5.90 Å². The number of para-hydroxylation sites is 1. The van der Waals surface area contributed by atoms with Crippen LogP contribution in [-0.2, 0) is 58.2 Å². The molecule has 0 saturated heterocycles. The van der Waals surface area contributed by atoms with Gasteiger partial charge in [-0.1, -0.05) is 127 Å². The summed E-state index contributed by atoms with van der Waals surface area (Å²) in [6.07, 6.45) is 15.3. The van der Waals surface area contributed by atoms with Crippen molar-refractivity contribution in [1.82, 2.24) is 4.57 Å². The molecule has 0 amide bonds. The topological polar surface area (TPSA) is 4.93 Å². The molecule has 1 aliphatic carbocycles. The van der Waals surface area contributed by atoms with E-state index < -0.39 is 15.8 Å². The van der Waals surface area contributed by atoms with Gasteiger partial charge in [-0.3, -0.25) is 11.8 Å². The Morgan fingerprint density at radius 2 is 0.850 bits per heavy atom. The molecule has 1 aliphatic rings. The Bertz CT molecular complexity index is 2720. The monoisotopic (exact) mass is 1170 g/mol. The average molecular weight is 1170 g/mol. The zero-order chi connectivity index (χ0) is 39.7. The van der Waals surface area contributed by atoms with Crippen LogP contribution in [0.4, 0.5) is 0 Å². The summed E-state index contributed by atoms with van der Waals surface area (Å²) >= 11 is 0. The van der Waals surface area contributed by atoms with E-state index in [0.29, 0.717) is 0 Å². The van der Waals surface area contributed by atoms with Crippen molar-refractivity contribution in [2.24, 2.45) is 7.05 Å². The van der Waals surface area contributed by atoms with Crippen LogP contribution in [0.25, 0.3) is 32.9 Å². The molecule has 0 bridgehead atoms. The Labute approximate surface area is 388 Å². The van der Waals surface area contributed by atoms with Gasteiger partial charge in [0.25, 0.3) is 0 Å².